The zero-order chi connectivity index (χ0) is 16.8. The maximum atomic E-state index is 12.0. The fraction of sp³-hybridized carbons (Fsp3) is 0.556. The lowest BCUT2D eigenvalue weighted by atomic mass is 9.85. The number of hydrogen-bond acceptors (Lipinski definition) is 3. The van der Waals surface area contributed by atoms with Gasteiger partial charge in [0, 0.05) is 18.2 Å². The molecule has 1 aliphatic carbocycles. The van der Waals surface area contributed by atoms with Gasteiger partial charge in [0.05, 0.1) is 6.04 Å². The van der Waals surface area contributed by atoms with E-state index in [9.17, 15) is 9.59 Å². The highest BCUT2D eigenvalue weighted by Gasteiger charge is 2.25. The van der Waals surface area contributed by atoms with Crippen LogP contribution in [-0.4, -0.2) is 17.9 Å². The SMILES string of the molecule is CC(C)C[C@H](N)C(=O)NCc1cccc(NC(=O)C2CCC2)c1.Cl. The molecule has 0 spiro atoms. The first-order chi connectivity index (χ1) is 11.0. The third-order valence-corrected chi connectivity index (χ3v) is 4.20. The van der Waals surface area contributed by atoms with E-state index < -0.39 is 6.04 Å². The predicted octanol–water partition coefficient (Wildman–Crippen LogP) is 2.84. The van der Waals surface area contributed by atoms with Crippen LogP contribution < -0.4 is 16.4 Å². The molecule has 5 nitrogen and oxygen atoms in total. The fourth-order valence-corrected chi connectivity index (χ4v) is 2.61. The molecule has 1 aromatic carbocycles. The molecule has 6 heteroatoms. The Morgan fingerprint density at radius 2 is 2.00 bits per heavy atom. The number of hydrogen-bond donors (Lipinski definition) is 3. The molecular weight excluding hydrogens is 326 g/mol. The molecule has 0 radical (unpaired) electrons. The van der Waals surface area contributed by atoms with Crippen molar-refractivity contribution < 1.29 is 9.59 Å². The van der Waals surface area contributed by atoms with Crippen molar-refractivity contribution in [3.63, 3.8) is 0 Å². The maximum Gasteiger partial charge on any atom is 0.237 e. The third kappa shape index (κ3) is 6.13. The summed E-state index contributed by atoms with van der Waals surface area (Å²) in [6, 6.07) is 7.09. The number of nitrogens with one attached hydrogen (secondary N) is 2. The molecule has 24 heavy (non-hydrogen) atoms. The summed E-state index contributed by atoms with van der Waals surface area (Å²) in [6.45, 7) is 4.50. The molecule has 1 atom stereocenters. The van der Waals surface area contributed by atoms with Crippen LogP contribution >= 0.6 is 12.4 Å². The smallest absolute Gasteiger partial charge is 0.237 e. The van der Waals surface area contributed by atoms with E-state index in [1.54, 1.807) is 0 Å². The minimum atomic E-state index is -0.475. The Hall–Kier alpha value is -1.59. The fourth-order valence-electron chi connectivity index (χ4n) is 2.61. The lowest BCUT2D eigenvalue weighted by Gasteiger charge is -2.24. The molecule has 1 aliphatic rings. The highest BCUT2D eigenvalue weighted by Crippen LogP contribution is 2.27. The van der Waals surface area contributed by atoms with Crippen molar-refractivity contribution in [2.45, 2.75) is 52.1 Å². The minimum absolute atomic E-state index is 0. The topological polar surface area (TPSA) is 84.2 Å². The summed E-state index contributed by atoms with van der Waals surface area (Å²) >= 11 is 0. The lowest BCUT2D eigenvalue weighted by Crippen LogP contribution is -2.41. The van der Waals surface area contributed by atoms with Gasteiger partial charge in [0.25, 0.3) is 0 Å². The van der Waals surface area contributed by atoms with Crippen LogP contribution in [0.25, 0.3) is 0 Å². The van der Waals surface area contributed by atoms with Crippen LogP contribution in [0.5, 0.6) is 0 Å². The summed E-state index contributed by atoms with van der Waals surface area (Å²) in [6.07, 6.45) is 3.77. The number of rotatable bonds is 7. The third-order valence-electron chi connectivity index (χ3n) is 4.20. The standard InChI is InChI=1S/C18H27N3O2.ClH/c1-12(2)9-16(19)18(23)20-11-13-5-3-8-15(10-13)21-17(22)14-6-4-7-14;/h3,5,8,10,12,14,16H,4,6-7,9,11,19H2,1-2H3,(H,20,23)(H,21,22);1H/t16-;/m0./s1. The second-order valence-corrected chi connectivity index (χ2v) is 6.77. The molecule has 2 amide bonds. The molecule has 1 fully saturated rings. The maximum absolute atomic E-state index is 12.0. The van der Waals surface area contributed by atoms with E-state index in [1.807, 2.05) is 38.1 Å². The van der Waals surface area contributed by atoms with Crippen molar-refractivity contribution in [1.82, 2.24) is 5.32 Å². The molecule has 4 N–H and O–H groups in total. The summed E-state index contributed by atoms with van der Waals surface area (Å²) < 4.78 is 0. The van der Waals surface area contributed by atoms with Crippen molar-refractivity contribution in [1.29, 1.82) is 0 Å². The summed E-state index contributed by atoms with van der Waals surface area (Å²) in [5.74, 6) is 0.507. The zero-order valence-corrected chi connectivity index (χ0v) is 15.2. The normalized spacial score (nSPS) is 15.2. The van der Waals surface area contributed by atoms with E-state index in [-0.39, 0.29) is 30.1 Å². The molecule has 0 unspecified atom stereocenters. The van der Waals surface area contributed by atoms with Crippen LogP contribution in [-0.2, 0) is 16.1 Å². The van der Waals surface area contributed by atoms with E-state index in [2.05, 4.69) is 10.6 Å². The highest BCUT2D eigenvalue weighted by molar-refractivity contribution is 5.93. The van der Waals surface area contributed by atoms with Gasteiger partial charge in [0.15, 0.2) is 0 Å². The van der Waals surface area contributed by atoms with Gasteiger partial charge < -0.3 is 16.4 Å². The van der Waals surface area contributed by atoms with Crippen LogP contribution in [0.4, 0.5) is 5.69 Å². The van der Waals surface area contributed by atoms with Gasteiger partial charge in [-0.2, -0.15) is 0 Å². The van der Waals surface area contributed by atoms with Gasteiger partial charge >= 0.3 is 0 Å². The quantitative estimate of drug-likeness (QED) is 0.704. The van der Waals surface area contributed by atoms with Gasteiger partial charge in [0.1, 0.15) is 0 Å². The Balaban J connectivity index is 0.00000288. The summed E-state index contributed by atoms with van der Waals surface area (Å²) in [5, 5.41) is 5.80. The van der Waals surface area contributed by atoms with Crippen molar-refractivity contribution in [3.05, 3.63) is 29.8 Å². The molecule has 0 bridgehead atoms. The van der Waals surface area contributed by atoms with Crippen molar-refractivity contribution in [3.8, 4) is 0 Å². The van der Waals surface area contributed by atoms with Crippen molar-refractivity contribution in [2.24, 2.45) is 17.6 Å². The van der Waals surface area contributed by atoms with Gasteiger partial charge in [-0.15, -0.1) is 12.4 Å². The van der Waals surface area contributed by atoms with Crippen LogP contribution in [0, 0.1) is 11.8 Å². The van der Waals surface area contributed by atoms with Gasteiger partial charge in [-0.05, 0) is 42.9 Å². The number of anilines is 1. The number of nitrogens with two attached hydrogens (primary N) is 1. The van der Waals surface area contributed by atoms with Crippen molar-refractivity contribution in [2.75, 3.05) is 5.32 Å². The summed E-state index contributed by atoms with van der Waals surface area (Å²) in [4.78, 5) is 23.9. The van der Waals surface area contributed by atoms with Gasteiger partial charge in [-0.3, -0.25) is 9.59 Å². The Morgan fingerprint density at radius 3 is 2.58 bits per heavy atom. The largest absolute Gasteiger partial charge is 0.351 e. The Bertz CT molecular complexity index is 559. The zero-order valence-electron chi connectivity index (χ0n) is 14.4. The van der Waals surface area contributed by atoms with Crippen LogP contribution in [0.3, 0.4) is 0 Å². The van der Waals surface area contributed by atoms with E-state index in [4.69, 9.17) is 5.73 Å². The Labute approximate surface area is 150 Å². The Kier molecular flexibility index (Phi) is 8.22. The molecule has 1 saturated carbocycles. The first kappa shape index (κ1) is 20.5. The van der Waals surface area contributed by atoms with E-state index in [0.29, 0.717) is 18.9 Å². The number of carbonyl (C=O) groups excluding carboxylic acids is 2. The predicted molar refractivity (Wildman–Crippen MR) is 98.9 cm³/mol. The van der Waals surface area contributed by atoms with E-state index in [0.717, 1.165) is 30.5 Å². The monoisotopic (exact) mass is 353 g/mol. The average molecular weight is 354 g/mol. The highest BCUT2D eigenvalue weighted by atomic mass is 35.5. The number of amides is 2. The van der Waals surface area contributed by atoms with Gasteiger partial charge in [-0.1, -0.05) is 32.4 Å². The van der Waals surface area contributed by atoms with Gasteiger partial charge in [0.2, 0.25) is 11.8 Å². The number of halogens is 1. The second-order valence-electron chi connectivity index (χ2n) is 6.77. The second kappa shape index (κ2) is 9.64. The average Bonchev–Trinajstić information content (AvgIpc) is 2.42. The van der Waals surface area contributed by atoms with Crippen LogP contribution in [0.2, 0.25) is 0 Å². The van der Waals surface area contributed by atoms with Crippen LogP contribution in [0.1, 0.15) is 45.1 Å². The number of benzene rings is 1. The van der Waals surface area contributed by atoms with Crippen LogP contribution in [0.15, 0.2) is 24.3 Å². The molecule has 0 aromatic heterocycles. The molecule has 0 saturated heterocycles. The molecule has 0 aliphatic heterocycles. The van der Waals surface area contributed by atoms with Crippen molar-refractivity contribution >= 4 is 29.9 Å². The Morgan fingerprint density at radius 1 is 1.29 bits per heavy atom. The first-order valence-electron chi connectivity index (χ1n) is 8.39. The minimum Gasteiger partial charge on any atom is -0.351 e. The molecule has 1 aromatic rings. The molecular formula is C18H28ClN3O2. The summed E-state index contributed by atoms with van der Waals surface area (Å²) in [5.41, 5.74) is 7.59. The molecule has 2 rings (SSSR count). The number of carbonyl (C=O) groups is 2. The lowest BCUT2D eigenvalue weighted by molar-refractivity contribution is -0.123. The van der Waals surface area contributed by atoms with E-state index >= 15 is 0 Å². The molecule has 134 valence electrons. The summed E-state index contributed by atoms with van der Waals surface area (Å²) in [7, 11) is 0. The molecule has 0 heterocycles. The van der Waals surface area contributed by atoms with E-state index in [1.165, 1.54) is 0 Å². The first-order valence-corrected chi connectivity index (χ1v) is 8.39. The van der Waals surface area contributed by atoms with Gasteiger partial charge in [-0.25, -0.2) is 0 Å².